The van der Waals surface area contributed by atoms with Crippen LogP contribution in [0.4, 0.5) is 0 Å². The highest BCUT2D eigenvalue weighted by Gasteiger charge is 2.32. The fourth-order valence-corrected chi connectivity index (χ4v) is 7.37. The first-order valence-electron chi connectivity index (χ1n) is 23.2. The highest BCUT2D eigenvalue weighted by Crippen LogP contribution is 2.25. The quantitative estimate of drug-likeness (QED) is 0.0262. The average Bonchev–Trinajstić information content (AvgIpc) is 3.43. The van der Waals surface area contributed by atoms with Crippen molar-refractivity contribution >= 4 is 35.3 Å². The van der Waals surface area contributed by atoms with Crippen molar-refractivity contribution in [3.05, 3.63) is 214 Å². The summed E-state index contributed by atoms with van der Waals surface area (Å²) < 4.78 is 34.0. The minimum Gasteiger partial charge on any atom is -0.459 e. The van der Waals surface area contributed by atoms with Crippen molar-refractivity contribution in [2.45, 2.75) is 31.7 Å². The summed E-state index contributed by atoms with van der Waals surface area (Å²) in [6.45, 7) is -0.801. The Hall–Kier alpha value is -7.50. The zero-order valence-corrected chi connectivity index (χ0v) is 39.6. The average molecular weight is 981 g/mol. The molecule has 0 aliphatic heterocycles. The molecule has 6 aromatic carbocycles. The maximum absolute atomic E-state index is 13.2. The van der Waals surface area contributed by atoms with E-state index in [4.69, 9.17) is 28.4 Å². The number of carbonyl (C=O) groups is 6. The predicted molar refractivity (Wildman–Crippen MR) is 263 cm³/mol. The van der Waals surface area contributed by atoms with Crippen LogP contribution in [0.15, 0.2) is 164 Å². The molecule has 0 radical (unpaired) electrons. The highest BCUT2D eigenvalue weighted by atomic mass is 16.6. The van der Waals surface area contributed by atoms with E-state index >= 15 is 0 Å². The Kier molecular flexibility index (Phi) is 20.3. The lowest BCUT2D eigenvalue weighted by Crippen LogP contribution is -2.40. The Morgan fingerprint density at radius 2 is 0.597 bits per heavy atom. The van der Waals surface area contributed by atoms with Gasteiger partial charge in [-0.05, 0) is 24.6 Å². The molecule has 3 atom stereocenters. The summed E-state index contributed by atoms with van der Waals surface area (Å²) in [6, 6.07) is 44.0. The van der Waals surface area contributed by atoms with E-state index in [2.05, 4.69) is 0 Å². The lowest BCUT2D eigenvalue weighted by Gasteiger charge is -2.33. The first kappa shape index (κ1) is 53.8. The normalized spacial score (nSPS) is 13.2. The highest BCUT2D eigenvalue weighted by molar-refractivity contribution is 6.16. The van der Waals surface area contributed by atoms with Crippen LogP contribution in [0.2, 0.25) is 0 Å². The second-order valence-corrected chi connectivity index (χ2v) is 16.9. The van der Waals surface area contributed by atoms with E-state index in [-0.39, 0.29) is 90.4 Å². The molecule has 15 heteroatoms. The van der Waals surface area contributed by atoms with Crippen molar-refractivity contribution < 1.29 is 72.5 Å². The molecule has 72 heavy (non-hydrogen) atoms. The van der Waals surface area contributed by atoms with Crippen LogP contribution < -0.4 is 0 Å². The van der Waals surface area contributed by atoms with Gasteiger partial charge in [-0.3, -0.25) is 14.4 Å². The molecule has 6 rings (SSSR count). The summed E-state index contributed by atoms with van der Waals surface area (Å²) >= 11 is 0. The Balaban J connectivity index is 1.04. The summed E-state index contributed by atoms with van der Waals surface area (Å²) in [6.07, 6.45) is -3.54. The second-order valence-electron chi connectivity index (χ2n) is 16.9. The Bertz CT molecular complexity index is 2450. The zero-order chi connectivity index (χ0) is 51.3. The summed E-state index contributed by atoms with van der Waals surface area (Å²) in [5.41, 5.74) is 0.683. The Morgan fingerprint density at radius 1 is 0.361 bits per heavy atom. The van der Waals surface area contributed by atoms with Gasteiger partial charge in [0.2, 0.25) is 0 Å². The molecule has 0 bridgehead atoms. The van der Waals surface area contributed by atoms with E-state index in [1.54, 1.807) is 127 Å². The minimum atomic E-state index is -1.29. The van der Waals surface area contributed by atoms with E-state index in [0.29, 0.717) is 23.1 Å². The molecular weight excluding hydrogens is 925 g/mol. The molecular formula is C57H56O15. The van der Waals surface area contributed by atoms with Gasteiger partial charge in [0, 0.05) is 38.8 Å². The molecule has 0 spiro atoms. The Morgan fingerprint density at radius 3 is 0.847 bits per heavy atom. The summed E-state index contributed by atoms with van der Waals surface area (Å²) in [7, 11) is 0. The van der Waals surface area contributed by atoms with Gasteiger partial charge in [-0.25, -0.2) is 14.4 Å². The van der Waals surface area contributed by atoms with E-state index in [0.717, 1.165) is 0 Å². The third-order valence-corrected chi connectivity index (χ3v) is 11.4. The molecule has 374 valence electrons. The molecule has 0 fully saturated rings. The molecule has 0 amide bonds. The molecule has 3 unspecified atom stereocenters. The number of aliphatic hydroxyl groups excluding tert-OH is 3. The maximum Gasteiger partial charge on any atom is 0.338 e. The fourth-order valence-electron chi connectivity index (χ4n) is 7.37. The van der Waals surface area contributed by atoms with Gasteiger partial charge in [0.1, 0.15) is 38.1 Å². The minimum absolute atomic E-state index is 0.0265. The monoisotopic (exact) mass is 980 g/mol. The first-order chi connectivity index (χ1) is 34.9. The van der Waals surface area contributed by atoms with E-state index in [9.17, 15) is 44.1 Å². The molecule has 0 aliphatic carbocycles. The molecule has 0 aliphatic rings. The number of carbonyl (C=O) groups excluding carboxylic acids is 6. The molecule has 0 aromatic heterocycles. The van der Waals surface area contributed by atoms with Gasteiger partial charge in [0.15, 0.2) is 17.3 Å². The number of hydrogen-bond donors (Lipinski definition) is 3. The number of ketones is 3. The zero-order valence-electron chi connectivity index (χ0n) is 39.6. The number of esters is 3. The van der Waals surface area contributed by atoms with Crippen LogP contribution in [-0.2, 0) is 28.4 Å². The van der Waals surface area contributed by atoms with Crippen molar-refractivity contribution in [1.82, 2.24) is 0 Å². The van der Waals surface area contributed by atoms with E-state index in [1.165, 1.54) is 36.4 Å². The number of ether oxygens (including phenoxy) is 6. The molecule has 0 heterocycles. The topological polar surface area (TPSA) is 218 Å². The van der Waals surface area contributed by atoms with Crippen LogP contribution in [0.1, 0.15) is 92.2 Å². The van der Waals surface area contributed by atoms with Crippen LogP contribution in [0.3, 0.4) is 0 Å². The standard InChI is InChI=1S/C57H56O15/c1-2-57(36-67-30-42(58)33-70-54(64)48-27-15-12-24-45(48)51(61)39-18-6-3-7-19-39,37-68-31-43(59)34-71-55(65)49-28-16-13-25-46(49)52(62)40-20-8-4-9-21-40)38-69-32-44(60)35-72-56(66)50-29-17-14-26-47(50)53(63)41-22-10-5-11-23-41/h3-29,42-44,58-60H,2,30-38H2,1H3. The van der Waals surface area contributed by atoms with Gasteiger partial charge in [-0.15, -0.1) is 0 Å². The van der Waals surface area contributed by atoms with Crippen LogP contribution in [0.5, 0.6) is 0 Å². The van der Waals surface area contributed by atoms with Crippen LogP contribution >= 0.6 is 0 Å². The molecule has 0 saturated heterocycles. The van der Waals surface area contributed by atoms with Crippen LogP contribution in [0.25, 0.3) is 0 Å². The van der Waals surface area contributed by atoms with Gasteiger partial charge in [0.05, 0.1) is 56.3 Å². The first-order valence-corrected chi connectivity index (χ1v) is 23.2. The maximum atomic E-state index is 13.2. The van der Waals surface area contributed by atoms with Gasteiger partial charge in [0.25, 0.3) is 0 Å². The fraction of sp³-hybridized carbons (Fsp3) is 0.263. The largest absolute Gasteiger partial charge is 0.459 e. The van der Waals surface area contributed by atoms with Crippen molar-refractivity contribution in [3.63, 3.8) is 0 Å². The summed E-state index contributed by atoms with van der Waals surface area (Å²) in [4.78, 5) is 79.0. The van der Waals surface area contributed by atoms with Gasteiger partial charge in [-0.1, -0.05) is 153 Å². The SMILES string of the molecule is CCC(COCC(O)COC(=O)c1ccccc1C(=O)c1ccccc1)(COCC(O)COC(=O)c1ccccc1C(=O)c1ccccc1)COCC(O)COC(=O)c1ccccc1C(=O)c1ccccc1. The predicted octanol–water partition coefficient (Wildman–Crippen LogP) is 6.78. The van der Waals surface area contributed by atoms with Crippen molar-refractivity contribution in [1.29, 1.82) is 0 Å². The Labute approximate surface area is 416 Å². The van der Waals surface area contributed by atoms with Gasteiger partial charge < -0.3 is 43.7 Å². The van der Waals surface area contributed by atoms with Crippen LogP contribution in [-0.4, -0.2) is 128 Å². The lowest BCUT2D eigenvalue weighted by molar-refractivity contribution is -0.108. The number of rotatable bonds is 28. The number of aliphatic hydroxyl groups is 3. The molecule has 3 N–H and O–H groups in total. The summed E-state index contributed by atoms with van der Waals surface area (Å²) in [5, 5.41) is 32.5. The lowest BCUT2D eigenvalue weighted by atomic mass is 9.88. The van der Waals surface area contributed by atoms with E-state index < -0.39 is 61.5 Å². The van der Waals surface area contributed by atoms with Crippen molar-refractivity contribution in [2.75, 3.05) is 59.5 Å². The molecule has 6 aromatic rings. The van der Waals surface area contributed by atoms with E-state index in [1.807, 2.05) is 6.92 Å². The van der Waals surface area contributed by atoms with Gasteiger partial charge in [-0.2, -0.15) is 0 Å². The van der Waals surface area contributed by atoms with Gasteiger partial charge >= 0.3 is 17.9 Å². The molecule has 0 saturated carbocycles. The second kappa shape index (κ2) is 27.2. The van der Waals surface area contributed by atoms with Crippen LogP contribution in [0, 0.1) is 5.41 Å². The summed E-state index contributed by atoms with van der Waals surface area (Å²) in [5.74, 6) is -3.56. The smallest absolute Gasteiger partial charge is 0.338 e. The van der Waals surface area contributed by atoms with Crippen molar-refractivity contribution in [3.8, 4) is 0 Å². The number of hydrogen-bond acceptors (Lipinski definition) is 15. The third kappa shape index (κ3) is 15.3. The molecule has 15 nitrogen and oxygen atoms in total. The van der Waals surface area contributed by atoms with Crippen molar-refractivity contribution in [2.24, 2.45) is 5.41 Å². The third-order valence-electron chi connectivity index (χ3n) is 11.4. The number of benzene rings is 6.